The summed E-state index contributed by atoms with van der Waals surface area (Å²) >= 11 is 0. The summed E-state index contributed by atoms with van der Waals surface area (Å²) in [6.07, 6.45) is -10.3. The summed E-state index contributed by atoms with van der Waals surface area (Å²) in [4.78, 5) is 0. The molecule has 0 heterocycles. The van der Waals surface area contributed by atoms with Crippen molar-refractivity contribution in [3.63, 3.8) is 0 Å². The quantitative estimate of drug-likeness (QED) is 0.597. The topological polar surface area (TPSA) is 20.2 Å². The first-order valence-electron chi connectivity index (χ1n) is 5.50. The molecule has 0 rings (SSSR count). The van der Waals surface area contributed by atoms with E-state index in [2.05, 4.69) is 0 Å². The van der Waals surface area contributed by atoms with Gasteiger partial charge in [-0.25, -0.2) is 0 Å². The minimum atomic E-state index is -8.28. The molecular weight excluding hydrogens is 409 g/mol. The molecule has 0 atom stereocenters. The predicted octanol–water partition coefficient (Wildman–Crippen LogP) is 4.74. The van der Waals surface area contributed by atoms with E-state index >= 15 is 0 Å². The van der Waals surface area contributed by atoms with Gasteiger partial charge < -0.3 is 5.11 Å². The molecule has 0 aromatic heterocycles. The number of halogens is 15. The number of alkyl halides is 15. The highest BCUT2D eigenvalue weighted by molar-refractivity contribution is 5.12. The Balaban J connectivity index is 6.40. The molecule has 0 aromatic rings. The van der Waals surface area contributed by atoms with Crippen LogP contribution in [-0.2, 0) is 0 Å². The van der Waals surface area contributed by atoms with E-state index in [4.69, 9.17) is 5.11 Å². The van der Waals surface area contributed by atoms with Crippen LogP contribution < -0.4 is 0 Å². The van der Waals surface area contributed by atoms with E-state index in [9.17, 15) is 65.9 Å². The largest absolute Gasteiger partial charge is 0.460 e. The molecule has 16 heteroatoms. The standard InChI is InChI=1S/C9H5F15O/c10-3(11,1-2-25)4(12,13)5(14,15)6(16,17)7(18,19)8(20,21)9(22,23)24/h25H,1-2H2. The first kappa shape index (κ1) is 23.9. The van der Waals surface area contributed by atoms with E-state index in [1.807, 2.05) is 0 Å². The summed E-state index contributed by atoms with van der Waals surface area (Å²) in [5, 5.41) is 7.97. The maximum atomic E-state index is 13.0. The van der Waals surface area contributed by atoms with E-state index in [1.165, 1.54) is 0 Å². The van der Waals surface area contributed by atoms with Gasteiger partial charge in [-0.2, -0.15) is 65.9 Å². The molecule has 0 aliphatic rings. The Morgan fingerprint density at radius 3 is 1.00 bits per heavy atom. The Kier molecular flexibility index (Phi) is 5.71. The molecule has 1 nitrogen and oxygen atoms in total. The number of hydrogen-bond donors (Lipinski definition) is 1. The van der Waals surface area contributed by atoms with Gasteiger partial charge in [0.25, 0.3) is 0 Å². The molecule has 0 radical (unpaired) electrons. The van der Waals surface area contributed by atoms with E-state index in [0.29, 0.717) is 0 Å². The van der Waals surface area contributed by atoms with Gasteiger partial charge in [0.2, 0.25) is 0 Å². The third kappa shape index (κ3) is 3.09. The van der Waals surface area contributed by atoms with Crippen molar-refractivity contribution in [3.05, 3.63) is 0 Å². The van der Waals surface area contributed by atoms with Crippen molar-refractivity contribution in [1.29, 1.82) is 0 Å². The smallest absolute Gasteiger partial charge is 0.396 e. The van der Waals surface area contributed by atoms with Gasteiger partial charge in [-0.05, 0) is 0 Å². The summed E-state index contributed by atoms with van der Waals surface area (Å²) in [6, 6.07) is 0. The number of aliphatic hydroxyl groups excluding tert-OH is 1. The van der Waals surface area contributed by atoms with Crippen molar-refractivity contribution in [2.45, 2.75) is 48.1 Å². The molecule has 0 aromatic carbocycles. The molecule has 0 bridgehead atoms. The second-order valence-electron chi connectivity index (χ2n) is 4.55. The van der Waals surface area contributed by atoms with Crippen molar-refractivity contribution in [1.82, 2.24) is 0 Å². The van der Waals surface area contributed by atoms with Crippen LogP contribution in [0.2, 0.25) is 0 Å². The second kappa shape index (κ2) is 5.97. The third-order valence-electron chi connectivity index (χ3n) is 2.82. The zero-order valence-corrected chi connectivity index (χ0v) is 11.0. The molecule has 152 valence electrons. The Bertz CT molecular complexity index is 476. The second-order valence-corrected chi connectivity index (χ2v) is 4.55. The van der Waals surface area contributed by atoms with Gasteiger partial charge in [0, 0.05) is 13.0 Å². The van der Waals surface area contributed by atoms with Crippen LogP contribution in [0.1, 0.15) is 6.42 Å². The van der Waals surface area contributed by atoms with Crippen LogP contribution in [0.15, 0.2) is 0 Å². The highest BCUT2D eigenvalue weighted by Gasteiger charge is 2.93. The van der Waals surface area contributed by atoms with Crippen LogP contribution in [-0.4, -0.2) is 53.4 Å². The van der Waals surface area contributed by atoms with E-state index in [0.717, 1.165) is 0 Å². The zero-order chi connectivity index (χ0) is 20.9. The average Bonchev–Trinajstić information content (AvgIpc) is 2.35. The van der Waals surface area contributed by atoms with Gasteiger partial charge in [-0.1, -0.05) is 0 Å². The van der Waals surface area contributed by atoms with Crippen LogP contribution in [0.3, 0.4) is 0 Å². The van der Waals surface area contributed by atoms with Crippen LogP contribution in [0.5, 0.6) is 0 Å². The lowest BCUT2D eigenvalue weighted by atomic mass is 9.90. The maximum absolute atomic E-state index is 13.0. The molecule has 0 saturated heterocycles. The summed E-state index contributed by atoms with van der Waals surface area (Å²) in [7, 11) is 0. The van der Waals surface area contributed by atoms with Crippen molar-refractivity contribution >= 4 is 0 Å². The predicted molar refractivity (Wildman–Crippen MR) is 47.4 cm³/mol. The SMILES string of the molecule is OCCC(F)(F)C(F)(F)C(F)(F)C(F)(F)C(F)(F)C(F)(F)C(F)(F)F. The fourth-order valence-electron chi connectivity index (χ4n) is 1.30. The molecule has 0 fully saturated rings. The number of hydrogen-bond acceptors (Lipinski definition) is 1. The highest BCUT2D eigenvalue weighted by Crippen LogP contribution is 2.62. The Labute approximate surface area is 127 Å². The van der Waals surface area contributed by atoms with Crippen molar-refractivity contribution in [2.24, 2.45) is 0 Å². The molecule has 0 aliphatic carbocycles. The molecule has 1 N–H and O–H groups in total. The fourth-order valence-corrected chi connectivity index (χ4v) is 1.30. The molecule has 0 spiro atoms. The van der Waals surface area contributed by atoms with Crippen LogP contribution in [0, 0.1) is 0 Å². The monoisotopic (exact) mass is 414 g/mol. The average molecular weight is 414 g/mol. The minimum absolute atomic E-state index is 2.07. The summed E-state index contributed by atoms with van der Waals surface area (Å²) in [5.74, 6) is -46.5. The van der Waals surface area contributed by atoms with Crippen LogP contribution >= 0.6 is 0 Å². The van der Waals surface area contributed by atoms with Gasteiger partial charge in [-0.15, -0.1) is 0 Å². The van der Waals surface area contributed by atoms with E-state index in [-0.39, 0.29) is 0 Å². The highest BCUT2D eigenvalue weighted by atomic mass is 19.4. The van der Waals surface area contributed by atoms with Crippen LogP contribution in [0.4, 0.5) is 65.9 Å². The molecule has 0 saturated carbocycles. The van der Waals surface area contributed by atoms with E-state index in [1.54, 1.807) is 0 Å². The Morgan fingerprint density at radius 1 is 0.440 bits per heavy atom. The maximum Gasteiger partial charge on any atom is 0.460 e. The lowest BCUT2D eigenvalue weighted by molar-refractivity contribution is -0.452. The zero-order valence-electron chi connectivity index (χ0n) is 11.0. The Morgan fingerprint density at radius 2 is 0.720 bits per heavy atom. The molecular formula is C9H5F15O. The van der Waals surface area contributed by atoms with Crippen molar-refractivity contribution < 1.29 is 71.0 Å². The van der Waals surface area contributed by atoms with Gasteiger partial charge in [-0.3, -0.25) is 0 Å². The van der Waals surface area contributed by atoms with Crippen molar-refractivity contribution in [3.8, 4) is 0 Å². The fraction of sp³-hybridized carbons (Fsp3) is 1.00. The lowest BCUT2D eigenvalue weighted by Crippen LogP contribution is -2.72. The normalized spacial score (nSPS) is 16.3. The van der Waals surface area contributed by atoms with Gasteiger partial charge in [0.1, 0.15) is 0 Å². The third-order valence-corrected chi connectivity index (χ3v) is 2.82. The first-order valence-corrected chi connectivity index (χ1v) is 5.50. The Hall–Kier alpha value is -1.09. The first-order chi connectivity index (χ1) is 10.6. The van der Waals surface area contributed by atoms with Gasteiger partial charge >= 0.3 is 41.7 Å². The summed E-state index contributed by atoms with van der Waals surface area (Å²) < 4.78 is 189. The molecule has 0 aliphatic heterocycles. The van der Waals surface area contributed by atoms with Gasteiger partial charge in [0.15, 0.2) is 0 Å². The van der Waals surface area contributed by atoms with Crippen LogP contribution in [0.25, 0.3) is 0 Å². The van der Waals surface area contributed by atoms with Gasteiger partial charge in [0.05, 0.1) is 0 Å². The van der Waals surface area contributed by atoms with E-state index < -0.39 is 54.7 Å². The van der Waals surface area contributed by atoms with Crippen molar-refractivity contribution in [2.75, 3.05) is 6.61 Å². The lowest BCUT2D eigenvalue weighted by Gasteiger charge is -2.41. The molecule has 0 amide bonds. The molecule has 25 heavy (non-hydrogen) atoms. The summed E-state index contributed by atoms with van der Waals surface area (Å²) in [5.41, 5.74) is 0. The minimum Gasteiger partial charge on any atom is -0.396 e. The number of rotatable bonds is 7. The molecule has 0 unspecified atom stereocenters. The summed E-state index contributed by atoms with van der Waals surface area (Å²) in [6.45, 7) is -2.07. The number of aliphatic hydroxyl groups is 1.